The predicted molar refractivity (Wildman–Crippen MR) is 242 cm³/mol. The first-order valence-electron chi connectivity index (χ1n) is 21.9. The molecule has 0 saturated carbocycles. The number of esters is 2. The number of carbonyl (C=O) groups is 5. The molecule has 66 heavy (non-hydrogen) atoms. The van der Waals surface area contributed by atoms with Gasteiger partial charge < -0.3 is 44.7 Å². The molecular weight excluding hydrogens is 869 g/mol. The van der Waals surface area contributed by atoms with Crippen molar-refractivity contribution < 1.29 is 52.8 Å². The summed E-state index contributed by atoms with van der Waals surface area (Å²) in [5, 5.41) is 30.7. The fourth-order valence-corrected chi connectivity index (χ4v) is 11.7. The van der Waals surface area contributed by atoms with Gasteiger partial charge >= 0.3 is 11.9 Å². The van der Waals surface area contributed by atoms with Crippen LogP contribution in [0.25, 0.3) is 6.08 Å². The molecule has 0 aromatic heterocycles. The number of hydrogen-bond donors (Lipinski definition) is 4. The number of benzene rings is 3. The number of rotatable bonds is 10. The van der Waals surface area contributed by atoms with E-state index < -0.39 is 83.1 Å². The second kappa shape index (κ2) is 18.5. The molecule has 3 aromatic rings. The summed E-state index contributed by atoms with van der Waals surface area (Å²) >= 11 is 1.30. The molecule has 18 heteroatoms. The van der Waals surface area contributed by atoms with E-state index in [0.717, 1.165) is 16.7 Å². The van der Waals surface area contributed by atoms with E-state index >= 15 is 0 Å². The summed E-state index contributed by atoms with van der Waals surface area (Å²) in [6, 6.07) is 7.24. The number of aryl methyl sites for hydroxylation is 1. The summed E-state index contributed by atoms with van der Waals surface area (Å²) < 4.78 is 30.1. The molecule has 0 spiro atoms. The average molecular weight is 923 g/mol. The molecule has 6 aliphatic rings. The standard InChI is InChI=1S/C48H54N6O11S/c1-22(2)37(52-46(58)25(5)50-33(56)15-14-27-12-10-9-11-13-27)47(59)51-29-20-66-45-36-35(44-43(63-21-64-44)24(4)42(36)65-26(6)55)32(19-62-48(29)60)54-31(18-49)30-17-28-16-23(3)41(61-8)40(57)34(28)38(39(45)54)53(30)7/h9-16,22,25,29-32,37-39,45,57H,17,19-21H2,1-8H3,(H,50,56)(H,51,59)(H,52,58)/t25?,29-,30-,31-,32-,37?,38+,39?,45+/m0/s1. The van der Waals surface area contributed by atoms with Crippen molar-refractivity contribution in [3.05, 3.63) is 81.4 Å². The summed E-state index contributed by atoms with van der Waals surface area (Å²) in [6.45, 7) is 9.51. The maximum atomic E-state index is 14.3. The van der Waals surface area contributed by atoms with Gasteiger partial charge in [0.1, 0.15) is 36.5 Å². The lowest BCUT2D eigenvalue weighted by Crippen LogP contribution is -2.69. The predicted octanol–water partition coefficient (Wildman–Crippen LogP) is 4.08. The highest BCUT2D eigenvalue weighted by molar-refractivity contribution is 7.99. The van der Waals surface area contributed by atoms with Gasteiger partial charge in [0.25, 0.3) is 0 Å². The Labute approximate surface area is 387 Å². The lowest BCUT2D eigenvalue weighted by molar-refractivity contribution is -0.153. The van der Waals surface area contributed by atoms with Crippen LogP contribution < -0.4 is 34.9 Å². The van der Waals surface area contributed by atoms with Crippen molar-refractivity contribution in [3.63, 3.8) is 0 Å². The minimum absolute atomic E-state index is 0.0192. The highest BCUT2D eigenvalue weighted by atomic mass is 32.2. The van der Waals surface area contributed by atoms with Crippen LogP contribution in [0.1, 0.15) is 84.0 Å². The largest absolute Gasteiger partial charge is 0.504 e. The number of methoxy groups -OCH3 is 1. The van der Waals surface area contributed by atoms with E-state index in [4.69, 9.17) is 23.7 Å². The molecule has 2 saturated heterocycles. The van der Waals surface area contributed by atoms with Gasteiger partial charge in [0, 0.05) is 53.1 Å². The Morgan fingerprint density at radius 1 is 1.00 bits per heavy atom. The Kier molecular flexibility index (Phi) is 13.0. The average Bonchev–Trinajstić information content (AvgIpc) is 3.77. The van der Waals surface area contributed by atoms with E-state index in [1.807, 2.05) is 50.4 Å². The fourth-order valence-electron chi connectivity index (χ4n) is 10.2. The number of nitriles is 1. The second-order valence-corrected chi connectivity index (χ2v) is 18.8. The first-order chi connectivity index (χ1) is 31.6. The number of ether oxygens (including phenoxy) is 5. The number of carbonyl (C=O) groups excluding carboxylic acids is 5. The summed E-state index contributed by atoms with van der Waals surface area (Å²) in [4.78, 5) is 71.8. The van der Waals surface area contributed by atoms with Crippen molar-refractivity contribution in [2.24, 2.45) is 5.92 Å². The maximum absolute atomic E-state index is 14.3. The minimum atomic E-state index is -1.24. The van der Waals surface area contributed by atoms with E-state index in [-0.39, 0.29) is 36.7 Å². The molecule has 0 radical (unpaired) electrons. The van der Waals surface area contributed by atoms with Crippen molar-refractivity contribution in [2.75, 3.05) is 33.3 Å². The number of piperazine rings is 1. The highest BCUT2D eigenvalue weighted by Gasteiger charge is 2.61. The van der Waals surface area contributed by atoms with Crippen LogP contribution in [-0.4, -0.2) is 114 Å². The van der Waals surface area contributed by atoms with Crippen molar-refractivity contribution >= 4 is 47.5 Å². The van der Waals surface area contributed by atoms with Gasteiger partial charge in [-0.05, 0) is 62.9 Å². The van der Waals surface area contributed by atoms with Gasteiger partial charge in [0.05, 0.1) is 30.5 Å². The molecule has 3 amide bonds. The topological polar surface area (TPSA) is 218 Å². The van der Waals surface area contributed by atoms with Gasteiger partial charge in [-0.1, -0.05) is 50.2 Å². The Morgan fingerprint density at radius 2 is 1.73 bits per heavy atom. The molecule has 9 rings (SSSR count). The van der Waals surface area contributed by atoms with Crippen LogP contribution in [0.3, 0.4) is 0 Å². The van der Waals surface area contributed by atoms with Crippen LogP contribution in [-0.2, 0) is 35.1 Å². The molecule has 348 valence electrons. The summed E-state index contributed by atoms with van der Waals surface area (Å²) in [5.41, 5.74) is 4.71. The Bertz CT molecular complexity index is 2550. The van der Waals surface area contributed by atoms with E-state index in [9.17, 15) is 34.3 Å². The third-order valence-corrected chi connectivity index (χ3v) is 14.6. The van der Waals surface area contributed by atoms with Crippen LogP contribution in [0.4, 0.5) is 0 Å². The van der Waals surface area contributed by atoms with Crippen LogP contribution in [0.15, 0.2) is 42.5 Å². The lowest BCUT2D eigenvalue weighted by atomic mass is 9.71. The van der Waals surface area contributed by atoms with Gasteiger partial charge in [-0.3, -0.25) is 29.0 Å². The van der Waals surface area contributed by atoms with Gasteiger partial charge in [0.2, 0.25) is 24.5 Å². The zero-order valence-electron chi connectivity index (χ0n) is 38.0. The third kappa shape index (κ3) is 8.17. The summed E-state index contributed by atoms with van der Waals surface area (Å²) in [6.07, 6.45) is 3.37. The van der Waals surface area contributed by atoms with Crippen molar-refractivity contribution in [2.45, 2.75) is 102 Å². The van der Waals surface area contributed by atoms with Crippen LogP contribution in [0.5, 0.6) is 28.7 Å². The number of likely N-dealkylation sites (N-methyl/N-ethyl adjacent to an activating group) is 1. The third-order valence-electron chi connectivity index (χ3n) is 13.2. The van der Waals surface area contributed by atoms with Crippen molar-refractivity contribution in [1.82, 2.24) is 25.8 Å². The first kappa shape index (κ1) is 46.2. The Hall–Kier alpha value is -6.29. The molecule has 3 unspecified atom stereocenters. The number of thioether (sulfide) groups is 1. The van der Waals surface area contributed by atoms with E-state index in [2.05, 4.69) is 31.8 Å². The first-order valence-corrected chi connectivity index (χ1v) is 23.0. The van der Waals surface area contributed by atoms with E-state index in [1.54, 1.807) is 26.8 Å². The smallest absolute Gasteiger partial charge is 0.329 e. The monoisotopic (exact) mass is 922 g/mol. The molecule has 6 heterocycles. The number of aromatic hydroxyl groups is 1. The molecule has 4 bridgehead atoms. The van der Waals surface area contributed by atoms with E-state index in [1.165, 1.54) is 38.8 Å². The zero-order chi connectivity index (χ0) is 47.3. The highest BCUT2D eigenvalue weighted by Crippen LogP contribution is 2.64. The van der Waals surface area contributed by atoms with Crippen molar-refractivity contribution in [3.8, 4) is 34.8 Å². The molecule has 4 N–H and O–H groups in total. The minimum Gasteiger partial charge on any atom is -0.504 e. The molecular formula is C48H54N6O11S. The van der Waals surface area contributed by atoms with Crippen molar-refractivity contribution in [1.29, 1.82) is 5.26 Å². The molecule has 9 atom stereocenters. The Morgan fingerprint density at radius 3 is 2.41 bits per heavy atom. The summed E-state index contributed by atoms with van der Waals surface area (Å²) in [7, 11) is 3.43. The number of nitrogens with zero attached hydrogens (tertiary/aromatic N) is 3. The maximum Gasteiger partial charge on any atom is 0.329 e. The van der Waals surface area contributed by atoms with E-state index in [0.29, 0.717) is 45.9 Å². The fraction of sp³-hybridized carbons (Fsp3) is 0.458. The Balaban J connectivity index is 1.16. The number of nitrogens with one attached hydrogen (secondary N) is 3. The molecule has 2 fully saturated rings. The molecule has 0 aliphatic carbocycles. The molecule has 17 nitrogen and oxygen atoms in total. The number of amides is 3. The van der Waals surface area contributed by atoms with Crippen LogP contribution >= 0.6 is 11.8 Å². The van der Waals surface area contributed by atoms with Gasteiger partial charge in [-0.15, -0.1) is 11.8 Å². The van der Waals surface area contributed by atoms with Gasteiger partial charge in [-0.2, -0.15) is 5.26 Å². The lowest BCUT2D eigenvalue weighted by Gasteiger charge is -2.61. The summed E-state index contributed by atoms with van der Waals surface area (Å²) in [5.74, 6) is -2.27. The number of phenolic OH excluding ortho intramolecular Hbond substituents is 1. The molecule has 6 aliphatic heterocycles. The number of fused-ring (bicyclic) bond motifs is 10. The quantitative estimate of drug-likeness (QED) is 0.128. The SMILES string of the molecule is COc1c(C)cc2c(c1O)[C@@H]1C3[C@@H]4SC[C@H](NC(=O)C(NC(=O)C(C)NC(=O)C=Cc5ccccc5)C(C)C)C(=O)OC[C@@H](c5c6c(c(C)c(OC(C)=O)c54)OCO6)N3[C@@H](C#N)[C@H](C2)N1C. The normalized spacial score (nSPS) is 25.0. The number of phenols is 1. The van der Waals surface area contributed by atoms with Crippen LogP contribution in [0.2, 0.25) is 0 Å². The van der Waals surface area contributed by atoms with Gasteiger partial charge in [0.15, 0.2) is 23.0 Å². The zero-order valence-corrected chi connectivity index (χ0v) is 38.8. The second-order valence-electron chi connectivity index (χ2n) is 17.6. The molecule has 3 aromatic carbocycles. The van der Waals surface area contributed by atoms with Crippen LogP contribution in [0, 0.1) is 31.1 Å². The van der Waals surface area contributed by atoms with Gasteiger partial charge in [-0.25, -0.2) is 4.79 Å². The number of hydrogen-bond acceptors (Lipinski definition) is 15.